The Morgan fingerprint density at radius 1 is 1.22 bits per heavy atom. The lowest BCUT2D eigenvalue weighted by atomic mass is 10.1. The number of nitrogens with zero attached hydrogens (tertiary/aromatic N) is 2. The van der Waals surface area contributed by atoms with Crippen molar-refractivity contribution in [3.05, 3.63) is 54.1 Å². The summed E-state index contributed by atoms with van der Waals surface area (Å²) in [7, 11) is 5.57. The zero-order valence-corrected chi connectivity index (χ0v) is 15.9. The lowest BCUT2D eigenvalue weighted by Gasteiger charge is -2.17. The van der Waals surface area contributed by atoms with Gasteiger partial charge in [-0.1, -0.05) is 12.1 Å². The van der Waals surface area contributed by atoms with E-state index in [0.29, 0.717) is 13.1 Å². The van der Waals surface area contributed by atoms with E-state index in [1.165, 1.54) is 0 Å². The standard InChI is InChI=1S/C21H25N3O3/c1-23(2)18-6-4-5-15(11-18)13-22-21(26)16-12-20(25)24(14-16)17-7-9-19(27-3)10-8-17/h4-11,16H,12-14H2,1-3H3,(H,22,26). The minimum Gasteiger partial charge on any atom is -0.497 e. The number of ether oxygens (including phenoxy) is 1. The minimum atomic E-state index is -0.336. The van der Waals surface area contributed by atoms with Gasteiger partial charge in [0.15, 0.2) is 0 Å². The Hall–Kier alpha value is -3.02. The van der Waals surface area contributed by atoms with Crippen LogP contribution in [0.1, 0.15) is 12.0 Å². The molecular weight excluding hydrogens is 342 g/mol. The first-order valence-corrected chi connectivity index (χ1v) is 8.96. The Morgan fingerprint density at radius 2 is 1.96 bits per heavy atom. The summed E-state index contributed by atoms with van der Waals surface area (Å²) in [6.07, 6.45) is 0.232. The smallest absolute Gasteiger partial charge is 0.227 e. The molecule has 2 amide bonds. The number of carbonyl (C=O) groups is 2. The second-order valence-corrected chi connectivity index (χ2v) is 6.89. The summed E-state index contributed by atoms with van der Waals surface area (Å²) >= 11 is 0. The van der Waals surface area contributed by atoms with Crippen molar-refractivity contribution in [2.45, 2.75) is 13.0 Å². The maximum atomic E-state index is 12.5. The number of carbonyl (C=O) groups excluding carboxylic acids is 2. The first-order chi connectivity index (χ1) is 13.0. The summed E-state index contributed by atoms with van der Waals surface area (Å²) in [5, 5.41) is 2.96. The molecule has 2 aromatic rings. The Balaban J connectivity index is 1.59. The molecule has 6 nitrogen and oxygen atoms in total. The van der Waals surface area contributed by atoms with Crippen LogP contribution >= 0.6 is 0 Å². The first-order valence-electron chi connectivity index (χ1n) is 8.96. The second kappa shape index (κ2) is 8.12. The van der Waals surface area contributed by atoms with E-state index in [1.807, 2.05) is 67.5 Å². The predicted molar refractivity (Wildman–Crippen MR) is 106 cm³/mol. The van der Waals surface area contributed by atoms with Gasteiger partial charge in [-0.05, 0) is 42.0 Å². The van der Waals surface area contributed by atoms with Crippen LogP contribution in [0.2, 0.25) is 0 Å². The van der Waals surface area contributed by atoms with Gasteiger partial charge in [0.05, 0.1) is 13.0 Å². The fraction of sp³-hybridized carbons (Fsp3) is 0.333. The van der Waals surface area contributed by atoms with E-state index < -0.39 is 0 Å². The molecule has 3 rings (SSSR count). The molecule has 0 aromatic heterocycles. The van der Waals surface area contributed by atoms with Gasteiger partial charge in [0.25, 0.3) is 0 Å². The summed E-state index contributed by atoms with van der Waals surface area (Å²) in [6, 6.07) is 15.3. The van der Waals surface area contributed by atoms with Crippen molar-refractivity contribution in [3.8, 4) is 5.75 Å². The molecular formula is C21H25N3O3. The number of hydrogen-bond donors (Lipinski definition) is 1. The van der Waals surface area contributed by atoms with E-state index in [1.54, 1.807) is 12.0 Å². The monoisotopic (exact) mass is 367 g/mol. The average Bonchev–Trinajstić information content (AvgIpc) is 3.08. The van der Waals surface area contributed by atoms with E-state index >= 15 is 0 Å². The molecule has 1 heterocycles. The topological polar surface area (TPSA) is 61.9 Å². The SMILES string of the molecule is COc1ccc(N2CC(C(=O)NCc3cccc(N(C)C)c3)CC2=O)cc1. The van der Waals surface area contributed by atoms with Gasteiger partial charge in [0.1, 0.15) is 5.75 Å². The van der Waals surface area contributed by atoms with Crippen molar-refractivity contribution < 1.29 is 14.3 Å². The molecule has 1 unspecified atom stereocenters. The molecule has 0 radical (unpaired) electrons. The molecule has 142 valence electrons. The Labute approximate surface area is 159 Å². The van der Waals surface area contributed by atoms with Crippen molar-refractivity contribution in [1.29, 1.82) is 0 Å². The molecule has 1 atom stereocenters. The third-order valence-electron chi connectivity index (χ3n) is 4.77. The number of amides is 2. The highest BCUT2D eigenvalue weighted by Gasteiger charge is 2.34. The van der Waals surface area contributed by atoms with Gasteiger partial charge < -0.3 is 19.9 Å². The number of benzene rings is 2. The van der Waals surface area contributed by atoms with Gasteiger partial charge >= 0.3 is 0 Å². The predicted octanol–water partition coefficient (Wildman–Crippen LogP) is 2.43. The van der Waals surface area contributed by atoms with Crippen molar-refractivity contribution in [2.75, 3.05) is 37.5 Å². The fourth-order valence-electron chi connectivity index (χ4n) is 3.17. The van der Waals surface area contributed by atoms with Crippen molar-refractivity contribution in [1.82, 2.24) is 5.32 Å². The number of anilines is 2. The third kappa shape index (κ3) is 4.39. The average molecular weight is 367 g/mol. The maximum absolute atomic E-state index is 12.5. The molecule has 6 heteroatoms. The molecule has 0 aliphatic carbocycles. The minimum absolute atomic E-state index is 0.0325. The van der Waals surface area contributed by atoms with Crippen LogP contribution < -0.4 is 19.9 Å². The van der Waals surface area contributed by atoms with Crippen LogP contribution in [0, 0.1) is 5.92 Å². The van der Waals surface area contributed by atoms with Crippen LogP contribution in [0.5, 0.6) is 5.75 Å². The van der Waals surface area contributed by atoms with Crippen LogP contribution in [0.25, 0.3) is 0 Å². The summed E-state index contributed by atoms with van der Waals surface area (Å²) < 4.78 is 5.14. The molecule has 1 N–H and O–H groups in total. The summed E-state index contributed by atoms with van der Waals surface area (Å²) in [5.74, 6) is 0.279. The Morgan fingerprint density at radius 3 is 2.63 bits per heavy atom. The van der Waals surface area contributed by atoms with Crippen molar-refractivity contribution in [3.63, 3.8) is 0 Å². The van der Waals surface area contributed by atoms with E-state index in [-0.39, 0.29) is 24.2 Å². The van der Waals surface area contributed by atoms with E-state index in [9.17, 15) is 9.59 Å². The Bertz CT molecular complexity index is 818. The van der Waals surface area contributed by atoms with Gasteiger partial charge in [-0.25, -0.2) is 0 Å². The molecule has 1 aliphatic rings. The summed E-state index contributed by atoms with van der Waals surface area (Å²) in [4.78, 5) is 28.6. The normalized spacial score (nSPS) is 16.3. The number of hydrogen-bond acceptors (Lipinski definition) is 4. The molecule has 27 heavy (non-hydrogen) atoms. The number of rotatable bonds is 6. The highest BCUT2D eigenvalue weighted by molar-refractivity contribution is 6.00. The molecule has 1 fully saturated rings. The lowest BCUT2D eigenvalue weighted by molar-refractivity contribution is -0.126. The van der Waals surface area contributed by atoms with E-state index in [2.05, 4.69) is 5.32 Å². The fourth-order valence-corrected chi connectivity index (χ4v) is 3.17. The van der Waals surface area contributed by atoms with Crippen molar-refractivity contribution in [2.24, 2.45) is 5.92 Å². The summed E-state index contributed by atoms with van der Waals surface area (Å²) in [6.45, 7) is 0.850. The molecule has 0 saturated carbocycles. The molecule has 0 bridgehead atoms. The highest BCUT2D eigenvalue weighted by Crippen LogP contribution is 2.27. The molecule has 1 aliphatic heterocycles. The van der Waals surface area contributed by atoms with Gasteiger partial charge in [-0.2, -0.15) is 0 Å². The van der Waals surface area contributed by atoms with E-state index in [4.69, 9.17) is 4.74 Å². The van der Waals surface area contributed by atoms with E-state index in [0.717, 1.165) is 22.7 Å². The Kier molecular flexibility index (Phi) is 5.64. The first kappa shape index (κ1) is 18.8. The van der Waals surface area contributed by atoms with Crippen LogP contribution in [0.15, 0.2) is 48.5 Å². The van der Waals surface area contributed by atoms with Crippen LogP contribution in [-0.4, -0.2) is 39.6 Å². The molecule has 0 spiro atoms. The zero-order chi connectivity index (χ0) is 19.4. The third-order valence-corrected chi connectivity index (χ3v) is 4.77. The van der Waals surface area contributed by atoms with Gasteiger partial charge in [-0.3, -0.25) is 9.59 Å². The van der Waals surface area contributed by atoms with Crippen LogP contribution in [0.4, 0.5) is 11.4 Å². The maximum Gasteiger partial charge on any atom is 0.227 e. The number of nitrogens with one attached hydrogen (secondary N) is 1. The zero-order valence-electron chi connectivity index (χ0n) is 15.9. The second-order valence-electron chi connectivity index (χ2n) is 6.89. The van der Waals surface area contributed by atoms with Gasteiger partial charge in [0.2, 0.25) is 11.8 Å². The van der Waals surface area contributed by atoms with Gasteiger partial charge in [-0.15, -0.1) is 0 Å². The van der Waals surface area contributed by atoms with Crippen LogP contribution in [-0.2, 0) is 16.1 Å². The quantitative estimate of drug-likeness (QED) is 0.852. The summed E-state index contributed by atoms with van der Waals surface area (Å²) in [5.41, 5.74) is 2.91. The molecule has 2 aromatic carbocycles. The van der Waals surface area contributed by atoms with Crippen molar-refractivity contribution >= 4 is 23.2 Å². The van der Waals surface area contributed by atoms with Gasteiger partial charge in [0, 0.05) is 45.0 Å². The lowest BCUT2D eigenvalue weighted by Crippen LogP contribution is -2.32. The van der Waals surface area contributed by atoms with Crippen LogP contribution in [0.3, 0.4) is 0 Å². The highest BCUT2D eigenvalue weighted by atomic mass is 16.5. The molecule has 1 saturated heterocycles. The largest absolute Gasteiger partial charge is 0.497 e. The number of methoxy groups -OCH3 is 1.